The lowest BCUT2D eigenvalue weighted by Gasteiger charge is -2.56. The Morgan fingerprint density at radius 2 is 1.72 bits per heavy atom. The van der Waals surface area contributed by atoms with Crippen LogP contribution in [0.2, 0.25) is 0 Å². The zero-order valence-corrected chi connectivity index (χ0v) is 12.3. The van der Waals surface area contributed by atoms with E-state index in [0.717, 1.165) is 18.5 Å². The molecule has 2 N–H and O–H groups in total. The van der Waals surface area contributed by atoms with E-state index in [1.54, 1.807) is 0 Å². The molecule has 0 spiro atoms. The molecule has 1 unspecified atom stereocenters. The summed E-state index contributed by atoms with van der Waals surface area (Å²) in [4.78, 5) is 2.88. The molecular weight excluding hydrogens is 220 g/mol. The Morgan fingerprint density at radius 1 is 1.06 bits per heavy atom. The molecule has 2 nitrogen and oxygen atoms in total. The molecule has 0 aromatic rings. The first-order valence-electron chi connectivity index (χ1n) is 8.06. The van der Waals surface area contributed by atoms with Crippen molar-refractivity contribution in [2.24, 2.45) is 17.1 Å². The quantitative estimate of drug-likeness (QED) is 0.812. The molecule has 104 valence electrons. The Labute approximate surface area is 112 Å². The van der Waals surface area contributed by atoms with Crippen molar-refractivity contribution in [3.8, 4) is 0 Å². The maximum absolute atomic E-state index is 6.33. The van der Waals surface area contributed by atoms with Crippen molar-refractivity contribution in [1.82, 2.24) is 4.90 Å². The molecule has 0 aliphatic heterocycles. The van der Waals surface area contributed by atoms with Crippen LogP contribution in [0.3, 0.4) is 0 Å². The van der Waals surface area contributed by atoms with Crippen molar-refractivity contribution >= 4 is 0 Å². The molecule has 3 aliphatic rings. The first kappa shape index (κ1) is 12.9. The van der Waals surface area contributed by atoms with Crippen LogP contribution in [-0.2, 0) is 0 Å². The van der Waals surface area contributed by atoms with E-state index in [2.05, 4.69) is 18.7 Å². The van der Waals surface area contributed by atoms with Crippen molar-refractivity contribution in [2.45, 2.75) is 76.8 Å². The lowest BCUT2D eigenvalue weighted by Crippen LogP contribution is -2.64. The summed E-state index contributed by atoms with van der Waals surface area (Å²) in [6.07, 6.45) is 11.2. The molecule has 1 atom stereocenters. The molecule has 0 aromatic carbocycles. The molecule has 2 heteroatoms. The second kappa shape index (κ2) is 4.49. The van der Waals surface area contributed by atoms with Crippen molar-refractivity contribution in [3.05, 3.63) is 0 Å². The summed E-state index contributed by atoms with van der Waals surface area (Å²) in [7, 11) is 0. The summed E-state index contributed by atoms with van der Waals surface area (Å²) in [6.45, 7) is 7.15. The Balaban J connectivity index is 1.85. The summed E-state index contributed by atoms with van der Waals surface area (Å²) in [6, 6.07) is 0.867. The molecule has 0 aromatic heterocycles. The predicted octanol–water partition coefficient (Wildman–Crippen LogP) is 3.16. The molecule has 0 saturated heterocycles. The van der Waals surface area contributed by atoms with Crippen molar-refractivity contribution in [3.63, 3.8) is 0 Å². The maximum atomic E-state index is 6.33. The fourth-order valence-electron chi connectivity index (χ4n) is 4.22. The number of hydrogen-bond donors (Lipinski definition) is 1. The van der Waals surface area contributed by atoms with E-state index in [4.69, 9.17) is 5.73 Å². The molecule has 18 heavy (non-hydrogen) atoms. The molecule has 3 fully saturated rings. The van der Waals surface area contributed by atoms with E-state index in [9.17, 15) is 0 Å². The van der Waals surface area contributed by atoms with Crippen LogP contribution < -0.4 is 5.73 Å². The van der Waals surface area contributed by atoms with Crippen LogP contribution in [0.4, 0.5) is 0 Å². The van der Waals surface area contributed by atoms with Crippen molar-refractivity contribution in [2.75, 3.05) is 13.1 Å². The van der Waals surface area contributed by atoms with Crippen LogP contribution in [0, 0.1) is 11.3 Å². The Hall–Kier alpha value is -0.0800. The van der Waals surface area contributed by atoms with E-state index < -0.39 is 0 Å². The van der Waals surface area contributed by atoms with Gasteiger partial charge in [0, 0.05) is 24.7 Å². The SMILES string of the molecule is CC1(C)CCCCC1(CN)N(CC1CC1)C1CC1. The third-order valence-electron chi connectivity index (χ3n) is 5.93. The summed E-state index contributed by atoms with van der Waals surface area (Å²) >= 11 is 0. The minimum absolute atomic E-state index is 0.301. The van der Waals surface area contributed by atoms with Gasteiger partial charge in [-0.05, 0) is 49.9 Å². The Kier molecular flexibility index (Phi) is 3.22. The summed E-state index contributed by atoms with van der Waals surface area (Å²) < 4.78 is 0. The number of hydrogen-bond acceptors (Lipinski definition) is 2. The highest BCUT2D eigenvalue weighted by atomic mass is 15.3. The zero-order chi connectivity index (χ0) is 12.8. The van der Waals surface area contributed by atoms with Gasteiger partial charge in [-0.1, -0.05) is 26.7 Å². The number of rotatable bonds is 5. The normalized spacial score (nSPS) is 36.0. The van der Waals surface area contributed by atoms with Gasteiger partial charge in [0.15, 0.2) is 0 Å². The van der Waals surface area contributed by atoms with Crippen LogP contribution in [0.1, 0.15) is 65.2 Å². The van der Waals surface area contributed by atoms with Crippen LogP contribution in [0.5, 0.6) is 0 Å². The molecule has 3 rings (SSSR count). The second-order valence-electron chi connectivity index (χ2n) is 7.65. The predicted molar refractivity (Wildman–Crippen MR) is 76.5 cm³/mol. The Morgan fingerprint density at radius 3 is 2.22 bits per heavy atom. The molecule has 0 radical (unpaired) electrons. The van der Waals surface area contributed by atoms with Crippen LogP contribution >= 0.6 is 0 Å². The van der Waals surface area contributed by atoms with Crippen molar-refractivity contribution in [1.29, 1.82) is 0 Å². The minimum atomic E-state index is 0.301. The third kappa shape index (κ3) is 2.12. The molecule has 3 saturated carbocycles. The highest BCUT2D eigenvalue weighted by Crippen LogP contribution is 2.51. The van der Waals surface area contributed by atoms with Gasteiger partial charge in [0.2, 0.25) is 0 Å². The van der Waals surface area contributed by atoms with Gasteiger partial charge in [0.1, 0.15) is 0 Å². The summed E-state index contributed by atoms with van der Waals surface area (Å²) in [5, 5.41) is 0. The van der Waals surface area contributed by atoms with Gasteiger partial charge < -0.3 is 5.73 Å². The third-order valence-corrected chi connectivity index (χ3v) is 5.93. The van der Waals surface area contributed by atoms with E-state index in [1.165, 1.54) is 57.9 Å². The van der Waals surface area contributed by atoms with E-state index in [-0.39, 0.29) is 0 Å². The average Bonchev–Trinajstić information content (AvgIpc) is 3.19. The monoisotopic (exact) mass is 250 g/mol. The van der Waals surface area contributed by atoms with Gasteiger partial charge in [-0.2, -0.15) is 0 Å². The van der Waals surface area contributed by atoms with Gasteiger partial charge >= 0.3 is 0 Å². The fraction of sp³-hybridized carbons (Fsp3) is 1.00. The molecule has 3 aliphatic carbocycles. The lowest BCUT2D eigenvalue weighted by molar-refractivity contribution is -0.0518. The van der Waals surface area contributed by atoms with E-state index >= 15 is 0 Å². The van der Waals surface area contributed by atoms with Crippen molar-refractivity contribution < 1.29 is 0 Å². The number of nitrogens with two attached hydrogens (primary N) is 1. The maximum Gasteiger partial charge on any atom is 0.0385 e. The van der Waals surface area contributed by atoms with E-state index in [1.807, 2.05) is 0 Å². The highest BCUT2D eigenvalue weighted by Gasteiger charge is 2.53. The standard InChI is InChI=1S/C16H30N2/c1-15(2)9-3-4-10-16(15,12-17)18(14-7-8-14)11-13-5-6-13/h13-14H,3-12,17H2,1-2H3. The fourth-order valence-corrected chi connectivity index (χ4v) is 4.22. The van der Waals surface area contributed by atoms with E-state index in [0.29, 0.717) is 11.0 Å². The average molecular weight is 250 g/mol. The molecule has 0 amide bonds. The van der Waals surface area contributed by atoms with Gasteiger partial charge in [0.05, 0.1) is 0 Å². The topological polar surface area (TPSA) is 29.3 Å². The molecule has 0 heterocycles. The zero-order valence-electron chi connectivity index (χ0n) is 12.3. The largest absolute Gasteiger partial charge is 0.329 e. The molecular formula is C16H30N2. The van der Waals surface area contributed by atoms with Gasteiger partial charge in [-0.3, -0.25) is 4.90 Å². The molecule has 0 bridgehead atoms. The van der Waals surface area contributed by atoms with Crippen LogP contribution in [-0.4, -0.2) is 29.6 Å². The highest BCUT2D eigenvalue weighted by molar-refractivity contribution is 5.09. The summed E-state index contributed by atoms with van der Waals surface area (Å²) in [5.74, 6) is 0.992. The number of nitrogens with zero attached hydrogens (tertiary/aromatic N) is 1. The minimum Gasteiger partial charge on any atom is -0.329 e. The lowest BCUT2D eigenvalue weighted by atomic mass is 9.62. The first-order chi connectivity index (χ1) is 8.59. The van der Waals surface area contributed by atoms with Gasteiger partial charge in [-0.25, -0.2) is 0 Å². The first-order valence-corrected chi connectivity index (χ1v) is 8.06. The van der Waals surface area contributed by atoms with Gasteiger partial charge in [-0.15, -0.1) is 0 Å². The second-order valence-corrected chi connectivity index (χ2v) is 7.65. The summed E-state index contributed by atoms with van der Waals surface area (Å²) in [5.41, 5.74) is 7.04. The smallest absolute Gasteiger partial charge is 0.0385 e. The van der Waals surface area contributed by atoms with Crippen LogP contribution in [0.15, 0.2) is 0 Å². The van der Waals surface area contributed by atoms with Gasteiger partial charge in [0.25, 0.3) is 0 Å². The van der Waals surface area contributed by atoms with Crippen LogP contribution in [0.25, 0.3) is 0 Å². The Bertz CT molecular complexity index is 304.